The molecule has 1 saturated heterocycles. The Morgan fingerprint density at radius 2 is 2.35 bits per heavy atom. The summed E-state index contributed by atoms with van der Waals surface area (Å²) < 4.78 is 11.0. The van der Waals surface area contributed by atoms with Crippen molar-refractivity contribution in [2.24, 2.45) is 5.92 Å². The number of morpholine rings is 1. The third-order valence-electron chi connectivity index (χ3n) is 3.67. The largest absolute Gasteiger partial charge is 0.462 e. The van der Waals surface area contributed by atoms with Gasteiger partial charge in [-0.3, -0.25) is 0 Å². The highest BCUT2D eigenvalue weighted by Gasteiger charge is 2.38. The van der Waals surface area contributed by atoms with Crippen molar-refractivity contribution in [1.29, 1.82) is 0 Å². The third-order valence-corrected chi connectivity index (χ3v) is 4.71. The fourth-order valence-corrected chi connectivity index (χ4v) is 3.41. The van der Waals surface area contributed by atoms with Crippen molar-refractivity contribution in [2.45, 2.75) is 38.9 Å². The SMILES string of the molecule is CCOC(=O)c1cnc(N2C[C@@H](C)O[C@@H](C3CC3)C2)s1. The van der Waals surface area contributed by atoms with E-state index >= 15 is 0 Å². The van der Waals surface area contributed by atoms with E-state index in [2.05, 4.69) is 16.8 Å². The summed E-state index contributed by atoms with van der Waals surface area (Å²) in [6.45, 7) is 6.01. The zero-order valence-electron chi connectivity index (χ0n) is 11.9. The van der Waals surface area contributed by atoms with Crippen molar-refractivity contribution in [3.05, 3.63) is 11.1 Å². The molecule has 2 fully saturated rings. The van der Waals surface area contributed by atoms with Crippen LogP contribution < -0.4 is 4.90 Å². The molecule has 0 unspecified atom stereocenters. The lowest BCUT2D eigenvalue weighted by atomic mass is 10.1. The number of thiazole rings is 1. The first kappa shape index (κ1) is 13.8. The Bertz CT molecular complexity index is 487. The number of carbonyl (C=O) groups excluding carboxylic acids is 1. The monoisotopic (exact) mass is 296 g/mol. The summed E-state index contributed by atoms with van der Waals surface area (Å²) in [5.41, 5.74) is 0. The molecule has 0 aromatic carbocycles. The zero-order chi connectivity index (χ0) is 14.1. The fraction of sp³-hybridized carbons (Fsp3) is 0.714. The third kappa shape index (κ3) is 2.96. The van der Waals surface area contributed by atoms with Gasteiger partial charge in [-0.1, -0.05) is 11.3 Å². The van der Waals surface area contributed by atoms with E-state index < -0.39 is 0 Å². The Morgan fingerprint density at radius 3 is 3.05 bits per heavy atom. The smallest absolute Gasteiger partial charge is 0.350 e. The minimum absolute atomic E-state index is 0.212. The van der Waals surface area contributed by atoms with Crippen LogP contribution >= 0.6 is 11.3 Å². The van der Waals surface area contributed by atoms with Crippen LogP contribution in [0.25, 0.3) is 0 Å². The van der Waals surface area contributed by atoms with E-state index in [1.54, 1.807) is 6.20 Å². The lowest BCUT2D eigenvalue weighted by Gasteiger charge is -2.36. The predicted molar refractivity (Wildman–Crippen MR) is 77.3 cm³/mol. The second kappa shape index (κ2) is 5.69. The van der Waals surface area contributed by atoms with Gasteiger partial charge in [-0.25, -0.2) is 9.78 Å². The maximum atomic E-state index is 11.7. The van der Waals surface area contributed by atoms with E-state index in [0.29, 0.717) is 23.5 Å². The molecule has 2 atom stereocenters. The lowest BCUT2D eigenvalue weighted by Crippen LogP contribution is -2.47. The van der Waals surface area contributed by atoms with Gasteiger partial charge in [0.2, 0.25) is 0 Å². The van der Waals surface area contributed by atoms with E-state index in [1.807, 2.05) is 6.92 Å². The zero-order valence-corrected chi connectivity index (χ0v) is 12.7. The van der Waals surface area contributed by atoms with E-state index in [4.69, 9.17) is 9.47 Å². The van der Waals surface area contributed by atoms with Crippen LogP contribution in [0, 0.1) is 5.92 Å². The van der Waals surface area contributed by atoms with E-state index in [9.17, 15) is 4.79 Å². The van der Waals surface area contributed by atoms with Crippen LogP contribution in [0.2, 0.25) is 0 Å². The summed E-state index contributed by atoms with van der Waals surface area (Å²) in [5.74, 6) is 0.432. The number of nitrogens with zero attached hydrogens (tertiary/aromatic N) is 2. The molecule has 2 aliphatic rings. The highest BCUT2D eigenvalue weighted by atomic mass is 32.1. The van der Waals surface area contributed by atoms with Crippen LogP contribution in [0.3, 0.4) is 0 Å². The summed E-state index contributed by atoms with van der Waals surface area (Å²) in [7, 11) is 0. The van der Waals surface area contributed by atoms with Gasteiger partial charge in [0.1, 0.15) is 4.88 Å². The molecule has 0 radical (unpaired) electrons. The molecule has 1 aromatic rings. The second-order valence-corrected chi connectivity index (χ2v) is 6.46. The van der Waals surface area contributed by atoms with Gasteiger partial charge >= 0.3 is 5.97 Å². The van der Waals surface area contributed by atoms with Crippen LogP contribution in [0.5, 0.6) is 0 Å². The molecule has 1 saturated carbocycles. The first-order valence-electron chi connectivity index (χ1n) is 7.20. The average molecular weight is 296 g/mol. The Balaban J connectivity index is 1.69. The molecule has 20 heavy (non-hydrogen) atoms. The molecule has 0 amide bonds. The van der Waals surface area contributed by atoms with E-state index in [1.165, 1.54) is 24.2 Å². The van der Waals surface area contributed by atoms with Crippen LogP contribution in [0.1, 0.15) is 36.4 Å². The lowest BCUT2D eigenvalue weighted by molar-refractivity contribution is -0.0271. The molecular weight excluding hydrogens is 276 g/mol. The summed E-state index contributed by atoms with van der Waals surface area (Å²) in [5, 5.41) is 0.897. The van der Waals surface area contributed by atoms with Gasteiger partial charge in [-0.15, -0.1) is 0 Å². The van der Waals surface area contributed by atoms with Gasteiger partial charge in [0.25, 0.3) is 0 Å². The molecule has 6 heteroatoms. The van der Waals surface area contributed by atoms with Crippen molar-refractivity contribution in [3.8, 4) is 0 Å². The molecule has 110 valence electrons. The Hall–Kier alpha value is -1.14. The van der Waals surface area contributed by atoms with E-state index in [0.717, 1.165) is 18.2 Å². The topological polar surface area (TPSA) is 51.7 Å². The summed E-state index contributed by atoms with van der Waals surface area (Å²) in [4.78, 5) is 18.9. The van der Waals surface area contributed by atoms with Gasteiger partial charge in [0, 0.05) is 13.1 Å². The normalized spacial score (nSPS) is 26.6. The Kier molecular flexibility index (Phi) is 3.94. The number of anilines is 1. The second-order valence-electron chi connectivity index (χ2n) is 5.46. The Morgan fingerprint density at radius 1 is 1.55 bits per heavy atom. The average Bonchev–Trinajstić information content (AvgIpc) is 3.15. The number of ether oxygens (including phenoxy) is 2. The van der Waals surface area contributed by atoms with Gasteiger partial charge in [0.15, 0.2) is 5.13 Å². The Labute approximate surface area is 122 Å². The molecule has 0 N–H and O–H groups in total. The maximum Gasteiger partial charge on any atom is 0.350 e. The number of hydrogen-bond acceptors (Lipinski definition) is 6. The highest BCUT2D eigenvalue weighted by molar-refractivity contribution is 7.17. The van der Waals surface area contributed by atoms with Crippen molar-refractivity contribution in [2.75, 3.05) is 24.6 Å². The first-order chi connectivity index (χ1) is 9.67. The number of rotatable bonds is 4. The van der Waals surface area contributed by atoms with E-state index in [-0.39, 0.29) is 12.1 Å². The number of carbonyl (C=O) groups is 1. The van der Waals surface area contributed by atoms with Gasteiger partial charge < -0.3 is 14.4 Å². The van der Waals surface area contributed by atoms with Crippen LogP contribution in [0.4, 0.5) is 5.13 Å². The van der Waals surface area contributed by atoms with Crippen LogP contribution in [-0.2, 0) is 9.47 Å². The minimum atomic E-state index is -0.281. The molecule has 3 rings (SSSR count). The maximum absolute atomic E-state index is 11.7. The standard InChI is InChI=1S/C14H20N2O3S/c1-3-18-13(17)12-6-15-14(20-12)16-7-9(2)19-11(8-16)10-4-5-10/h6,9-11H,3-5,7-8H2,1-2H3/t9-,11-/m1/s1. The number of esters is 1. The van der Waals surface area contributed by atoms with Crippen LogP contribution in [-0.4, -0.2) is 42.9 Å². The number of aromatic nitrogens is 1. The first-order valence-corrected chi connectivity index (χ1v) is 8.02. The fourth-order valence-electron chi connectivity index (χ4n) is 2.58. The number of hydrogen-bond donors (Lipinski definition) is 0. The molecule has 2 heterocycles. The van der Waals surface area contributed by atoms with Crippen molar-refractivity contribution < 1.29 is 14.3 Å². The van der Waals surface area contributed by atoms with Gasteiger partial charge in [-0.2, -0.15) is 0 Å². The summed E-state index contributed by atoms with van der Waals surface area (Å²) in [6, 6.07) is 0. The summed E-state index contributed by atoms with van der Waals surface area (Å²) >= 11 is 1.41. The molecule has 0 bridgehead atoms. The molecule has 1 aliphatic heterocycles. The van der Waals surface area contributed by atoms with Crippen molar-refractivity contribution in [3.63, 3.8) is 0 Å². The van der Waals surface area contributed by atoms with Crippen LogP contribution in [0.15, 0.2) is 6.20 Å². The van der Waals surface area contributed by atoms with Gasteiger partial charge in [0.05, 0.1) is 25.0 Å². The molecular formula is C14H20N2O3S. The van der Waals surface area contributed by atoms with Crippen molar-refractivity contribution >= 4 is 22.4 Å². The summed E-state index contributed by atoms with van der Waals surface area (Å²) in [6.07, 6.45) is 4.69. The van der Waals surface area contributed by atoms with Crippen molar-refractivity contribution in [1.82, 2.24) is 4.98 Å². The van der Waals surface area contributed by atoms with Gasteiger partial charge in [-0.05, 0) is 32.6 Å². The molecule has 0 spiro atoms. The predicted octanol–water partition coefficient (Wildman–Crippen LogP) is 2.32. The highest BCUT2D eigenvalue weighted by Crippen LogP contribution is 2.38. The molecule has 1 aromatic heterocycles. The molecule has 1 aliphatic carbocycles. The quantitative estimate of drug-likeness (QED) is 0.798. The minimum Gasteiger partial charge on any atom is -0.462 e. The molecule has 5 nitrogen and oxygen atoms in total.